The van der Waals surface area contributed by atoms with Gasteiger partial charge in [0.1, 0.15) is 12.1 Å². The van der Waals surface area contributed by atoms with Gasteiger partial charge in [-0.05, 0) is 6.92 Å². The molecule has 0 atom stereocenters. The lowest BCUT2D eigenvalue weighted by Crippen LogP contribution is -2.10. The van der Waals surface area contributed by atoms with E-state index in [-0.39, 0.29) is 5.69 Å². The van der Waals surface area contributed by atoms with Crippen molar-refractivity contribution in [2.45, 2.75) is 6.92 Å². The Bertz CT molecular complexity index is 586. The Hall–Kier alpha value is -2.29. The van der Waals surface area contributed by atoms with Gasteiger partial charge in [-0.25, -0.2) is 19.3 Å². The van der Waals surface area contributed by atoms with Gasteiger partial charge >= 0.3 is 5.69 Å². The summed E-state index contributed by atoms with van der Waals surface area (Å²) in [4.78, 5) is 15.1. The second-order valence-electron chi connectivity index (χ2n) is 2.81. The molecule has 2 heterocycles. The van der Waals surface area contributed by atoms with Crippen molar-refractivity contribution in [3.05, 3.63) is 22.9 Å². The first-order valence-corrected chi connectivity index (χ1v) is 4.37. The van der Waals surface area contributed by atoms with Crippen LogP contribution in [0.4, 0.5) is 5.82 Å². The molecule has 2 aromatic heterocycles. The number of aromatic amines is 1. The van der Waals surface area contributed by atoms with E-state index in [2.05, 4.69) is 32.3 Å². The number of nitrogens with zero attached hydrogens (tertiary/aromatic N) is 3. The van der Waals surface area contributed by atoms with Gasteiger partial charge in [0, 0.05) is 6.07 Å². The number of hydrogen-bond acceptors (Lipinski definition) is 4. The molecule has 0 spiro atoms. The SMILES string of the molecule is CC#CCNc1cc2n[nH]c(=O)n2cn1. The molecule has 2 rings (SSSR count). The molecule has 0 aliphatic heterocycles. The zero-order valence-electron chi connectivity index (χ0n) is 8.11. The van der Waals surface area contributed by atoms with Crippen LogP contribution in [0, 0.1) is 11.8 Å². The number of fused-ring (bicyclic) bond motifs is 1. The normalized spacial score (nSPS) is 9.67. The first kappa shape index (κ1) is 9.27. The van der Waals surface area contributed by atoms with Crippen LogP contribution in [0.3, 0.4) is 0 Å². The van der Waals surface area contributed by atoms with Crippen LogP contribution < -0.4 is 11.0 Å². The molecule has 0 aliphatic carbocycles. The van der Waals surface area contributed by atoms with Crippen molar-refractivity contribution >= 4 is 11.5 Å². The number of hydrogen-bond donors (Lipinski definition) is 2. The summed E-state index contributed by atoms with van der Waals surface area (Å²) in [6.07, 6.45) is 1.42. The lowest BCUT2D eigenvalue weighted by molar-refractivity contribution is 0.996. The van der Waals surface area contributed by atoms with Crippen LogP contribution >= 0.6 is 0 Å². The van der Waals surface area contributed by atoms with Crippen LogP contribution in [0.5, 0.6) is 0 Å². The Morgan fingerprint density at radius 3 is 3.33 bits per heavy atom. The third kappa shape index (κ3) is 1.81. The standard InChI is InChI=1S/C9H9N5O/c1-2-3-4-10-7-5-8-12-13-9(15)14(8)6-11-7/h5-6,10H,4H2,1H3,(H,13,15). The molecule has 6 nitrogen and oxygen atoms in total. The molecular formula is C9H9N5O. The molecule has 2 aromatic rings. The maximum absolute atomic E-state index is 11.1. The molecule has 0 saturated heterocycles. The van der Waals surface area contributed by atoms with Gasteiger partial charge in [-0.1, -0.05) is 5.92 Å². The Kier molecular flexibility index (Phi) is 2.37. The highest BCUT2D eigenvalue weighted by molar-refractivity contribution is 5.48. The minimum absolute atomic E-state index is 0.294. The molecule has 0 fully saturated rings. The molecule has 0 bridgehead atoms. The largest absolute Gasteiger partial charge is 0.359 e. The Morgan fingerprint density at radius 2 is 2.53 bits per heavy atom. The zero-order chi connectivity index (χ0) is 10.7. The maximum Gasteiger partial charge on any atom is 0.348 e. The van der Waals surface area contributed by atoms with Crippen LogP contribution in [-0.2, 0) is 0 Å². The highest BCUT2D eigenvalue weighted by atomic mass is 16.1. The molecule has 6 heteroatoms. The van der Waals surface area contributed by atoms with E-state index < -0.39 is 0 Å². The van der Waals surface area contributed by atoms with Gasteiger partial charge in [0.2, 0.25) is 0 Å². The van der Waals surface area contributed by atoms with E-state index in [1.807, 2.05) is 0 Å². The van der Waals surface area contributed by atoms with Crippen molar-refractivity contribution in [1.82, 2.24) is 19.6 Å². The third-order valence-electron chi connectivity index (χ3n) is 1.84. The molecule has 0 radical (unpaired) electrons. The summed E-state index contributed by atoms with van der Waals surface area (Å²) in [5, 5.41) is 9.14. The average molecular weight is 203 g/mol. The van der Waals surface area contributed by atoms with Gasteiger partial charge in [0.25, 0.3) is 0 Å². The minimum atomic E-state index is -0.294. The third-order valence-corrected chi connectivity index (χ3v) is 1.84. The van der Waals surface area contributed by atoms with E-state index in [1.165, 1.54) is 10.7 Å². The van der Waals surface area contributed by atoms with Crippen molar-refractivity contribution in [3.63, 3.8) is 0 Å². The molecule has 0 amide bonds. The van der Waals surface area contributed by atoms with E-state index in [4.69, 9.17) is 0 Å². The van der Waals surface area contributed by atoms with Crippen molar-refractivity contribution in [3.8, 4) is 11.8 Å². The second-order valence-corrected chi connectivity index (χ2v) is 2.81. The smallest absolute Gasteiger partial charge is 0.348 e. The lowest BCUT2D eigenvalue weighted by atomic mass is 10.5. The monoisotopic (exact) mass is 203 g/mol. The fourth-order valence-electron chi connectivity index (χ4n) is 1.13. The van der Waals surface area contributed by atoms with Crippen LogP contribution in [-0.4, -0.2) is 26.1 Å². The summed E-state index contributed by atoms with van der Waals surface area (Å²) in [6, 6.07) is 1.68. The number of anilines is 1. The summed E-state index contributed by atoms with van der Waals surface area (Å²) in [5.41, 5.74) is 0.236. The first-order valence-electron chi connectivity index (χ1n) is 4.37. The Labute approximate surface area is 85.3 Å². The van der Waals surface area contributed by atoms with E-state index in [9.17, 15) is 4.79 Å². The minimum Gasteiger partial charge on any atom is -0.359 e. The second kappa shape index (κ2) is 3.84. The van der Waals surface area contributed by atoms with Crippen molar-refractivity contribution in [2.75, 3.05) is 11.9 Å². The van der Waals surface area contributed by atoms with Gasteiger partial charge in [-0.3, -0.25) is 0 Å². The van der Waals surface area contributed by atoms with E-state index in [0.717, 1.165) is 0 Å². The first-order chi connectivity index (χ1) is 7.31. The van der Waals surface area contributed by atoms with Crippen molar-refractivity contribution < 1.29 is 0 Å². The number of rotatable bonds is 2. The quantitative estimate of drug-likeness (QED) is 0.666. The molecule has 0 aliphatic rings. The highest BCUT2D eigenvalue weighted by Crippen LogP contribution is 2.02. The lowest BCUT2D eigenvalue weighted by Gasteiger charge is -1.99. The number of nitrogens with one attached hydrogen (secondary N) is 2. The Morgan fingerprint density at radius 1 is 1.67 bits per heavy atom. The summed E-state index contributed by atoms with van der Waals surface area (Å²) in [7, 11) is 0. The van der Waals surface area contributed by atoms with Crippen LogP contribution in [0.1, 0.15) is 6.92 Å². The van der Waals surface area contributed by atoms with Crippen LogP contribution in [0.25, 0.3) is 5.65 Å². The molecule has 15 heavy (non-hydrogen) atoms. The number of H-pyrrole nitrogens is 1. The zero-order valence-corrected chi connectivity index (χ0v) is 8.11. The highest BCUT2D eigenvalue weighted by Gasteiger charge is 2.00. The molecule has 0 unspecified atom stereocenters. The van der Waals surface area contributed by atoms with Gasteiger partial charge in [0.05, 0.1) is 6.54 Å². The summed E-state index contributed by atoms with van der Waals surface area (Å²) in [5.74, 6) is 6.26. The van der Waals surface area contributed by atoms with Gasteiger partial charge in [0.15, 0.2) is 5.65 Å². The van der Waals surface area contributed by atoms with Gasteiger partial charge in [-0.2, -0.15) is 5.10 Å². The van der Waals surface area contributed by atoms with E-state index in [1.54, 1.807) is 13.0 Å². The van der Waals surface area contributed by atoms with Gasteiger partial charge < -0.3 is 5.32 Å². The fraction of sp³-hybridized carbons (Fsp3) is 0.222. The molecular weight excluding hydrogens is 194 g/mol. The van der Waals surface area contributed by atoms with Crippen molar-refractivity contribution in [1.29, 1.82) is 0 Å². The van der Waals surface area contributed by atoms with Gasteiger partial charge in [-0.15, -0.1) is 5.92 Å². The molecule has 0 aromatic carbocycles. The molecule has 2 N–H and O–H groups in total. The van der Waals surface area contributed by atoms with E-state index in [0.29, 0.717) is 18.0 Å². The summed E-state index contributed by atoms with van der Waals surface area (Å²) < 4.78 is 1.33. The van der Waals surface area contributed by atoms with Crippen LogP contribution in [0.2, 0.25) is 0 Å². The number of aromatic nitrogens is 4. The summed E-state index contributed by atoms with van der Waals surface area (Å²) >= 11 is 0. The van der Waals surface area contributed by atoms with Crippen LogP contribution in [0.15, 0.2) is 17.2 Å². The molecule has 76 valence electrons. The van der Waals surface area contributed by atoms with E-state index >= 15 is 0 Å². The topological polar surface area (TPSA) is 75.1 Å². The average Bonchev–Trinajstić information content (AvgIpc) is 2.61. The Balaban J connectivity index is 2.29. The maximum atomic E-state index is 11.1. The molecule has 0 saturated carbocycles. The predicted molar refractivity (Wildman–Crippen MR) is 55.5 cm³/mol. The van der Waals surface area contributed by atoms with Crippen molar-refractivity contribution in [2.24, 2.45) is 0 Å². The fourth-order valence-corrected chi connectivity index (χ4v) is 1.13. The predicted octanol–water partition coefficient (Wildman–Crippen LogP) is -0.147. The summed E-state index contributed by atoms with van der Waals surface area (Å²) in [6.45, 7) is 2.29.